The largest absolute Gasteiger partial charge is 0.394 e. The molecule has 1 aromatic rings. The Hall–Kier alpha value is -1.73. The molecule has 1 heterocycles. The zero-order chi connectivity index (χ0) is 15.3. The van der Waals surface area contributed by atoms with Crippen molar-refractivity contribution >= 4 is 23.2 Å². The SMILES string of the molecule is CC(C)CC(CO)NC(=O)c1ccnc(Cl)c1[N+](=O)[O-]. The van der Waals surface area contributed by atoms with E-state index in [1.54, 1.807) is 0 Å². The number of rotatable bonds is 6. The second kappa shape index (κ2) is 7.16. The van der Waals surface area contributed by atoms with Gasteiger partial charge in [-0.2, -0.15) is 0 Å². The van der Waals surface area contributed by atoms with E-state index >= 15 is 0 Å². The second-order valence-corrected chi connectivity index (χ2v) is 5.10. The van der Waals surface area contributed by atoms with E-state index in [9.17, 15) is 20.0 Å². The second-order valence-electron chi connectivity index (χ2n) is 4.74. The summed E-state index contributed by atoms with van der Waals surface area (Å²) in [5.41, 5.74) is -0.704. The minimum Gasteiger partial charge on any atom is -0.394 e. The molecule has 0 bridgehead atoms. The molecule has 20 heavy (non-hydrogen) atoms. The molecular formula is C12H16ClN3O4. The number of nitro groups is 1. The van der Waals surface area contributed by atoms with Gasteiger partial charge < -0.3 is 10.4 Å². The molecule has 0 spiro atoms. The number of carbonyl (C=O) groups is 1. The minimum atomic E-state index is -0.749. The lowest BCUT2D eigenvalue weighted by molar-refractivity contribution is -0.385. The maximum absolute atomic E-state index is 12.1. The molecule has 2 N–H and O–H groups in total. The first kappa shape index (κ1) is 16.3. The summed E-state index contributed by atoms with van der Waals surface area (Å²) in [5, 5.41) is 22.4. The predicted molar refractivity (Wildman–Crippen MR) is 73.7 cm³/mol. The molecule has 7 nitrogen and oxygen atoms in total. The number of aromatic nitrogens is 1. The highest BCUT2D eigenvalue weighted by Crippen LogP contribution is 2.26. The lowest BCUT2D eigenvalue weighted by Crippen LogP contribution is -2.38. The van der Waals surface area contributed by atoms with Crippen molar-refractivity contribution in [1.29, 1.82) is 0 Å². The van der Waals surface area contributed by atoms with Gasteiger partial charge in [0, 0.05) is 6.20 Å². The summed E-state index contributed by atoms with van der Waals surface area (Å²) < 4.78 is 0. The number of nitrogens with zero attached hydrogens (tertiary/aromatic N) is 2. The van der Waals surface area contributed by atoms with Gasteiger partial charge in [-0.05, 0) is 18.4 Å². The summed E-state index contributed by atoms with van der Waals surface area (Å²) in [6.07, 6.45) is 1.79. The van der Waals surface area contributed by atoms with Crippen LogP contribution in [0, 0.1) is 16.0 Å². The number of carbonyl (C=O) groups excluding carboxylic acids is 1. The zero-order valence-corrected chi connectivity index (χ0v) is 11.9. The van der Waals surface area contributed by atoms with Gasteiger partial charge >= 0.3 is 5.69 Å². The van der Waals surface area contributed by atoms with Crippen LogP contribution >= 0.6 is 11.6 Å². The molecule has 1 atom stereocenters. The first-order valence-electron chi connectivity index (χ1n) is 6.07. The van der Waals surface area contributed by atoms with Crippen LogP contribution in [0.2, 0.25) is 5.15 Å². The van der Waals surface area contributed by atoms with Crippen molar-refractivity contribution in [2.24, 2.45) is 5.92 Å². The van der Waals surface area contributed by atoms with Gasteiger partial charge in [0.1, 0.15) is 5.56 Å². The van der Waals surface area contributed by atoms with Crippen molar-refractivity contribution in [3.8, 4) is 0 Å². The first-order valence-corrected chi connectivity index (χ1v) is 6.45. The van der Waals surface area contributed by atoms with Crippen molar-refractivity contribution < 1.29 is 14.8 Å². The van der Waals surface area contributed by atoms with E-state index in [0.29, 0.717) is 6.42 Å². The molecule has 8 heteroatoms. The van der Waals surface area contributed by atoms with Gasteiger partial charge in [-0.25, -0.2) is 4.98 Å². The molecule has 110 valence electrons. The molecule has 1 aromatic heterocycles. The Kier molecular flexibility index (Phi) is 5.84. The number of hydrogen-bond donors (Lipinski definition) is 2. The van der Waals surface area contributed by atoms with Gasteiger partial charge in [0.25, 0.3) is 5.91 Å². The number of aliphatic hydroxyl groups is 1. The average molecular weight is 302 g/mol. The van der Waals surface area contributed by atoms with Crippen LogP contribution in [-0.2, 0) is 0 Å². The van der Waals surface area contributed by atoms with Crippen molar-refractivity contribution in [2.45, 2.75) is 26.3 Å². The molecule has 0 saturated heterocycles. The predicted octanol–water partition coefficient (Wildman–Crippen LogP) is 1.78. The maximum atomic E-state index is 12.1. The topological polar surface area (TPSA) is 105 Å². The molecular weight excluding hydrogens is 286 g/mol. The van der Waals surface area contributed by atoms with Gasteiger partial charge in [-0.1, -0.05) is 25.4 Å². The fourth-order valence-corrected chi connectivity index (χ4v) is 2.02. The quantitative estimate of drug-likeness (QED) is 0.473. The van der Waals surface area contributed by atoms with E-state index in [-0.39, 0.29) is 23.2 Å². The summed E-state index contributed by atoms with van der Waals surface area (Å²) in [5.74, 6) is -0.385. The highest BCUT2D eigenvalue weighted by atomic mass is 35.5. The van der Waals surface area contributed by atoms with E-state index in [1.807, 2.05) is 13.8 Å². The Bertz CT molecular complexity index is 507. The lowest BCUT2D eigenvalue weighted by Gasteiger charge is -2.18. The number of hydrogen-bond acceptors (Lipinski definition) is 5. The number of nitrogens with one attached hydrogen (secondary N) is 1. The van der Waals surface area contributed by atoms with Gasteiger partial charge in [0.2, 0.25) is 5.15 Å². The van der Waals surface area contributed by atoms with Crippen LogP contribution in [0.25, 0.3) is 0 Å². The van der Waals surface area contributed by atoms with E-state index < -0.39 is 22.6 Å². The molecule has 0 aliphatic rings. The molecule has 0 radical (unpaired) electrons. The first-order chi connectivity index (χ1) is 9.36. The Labute approximate surface area is 121 Å². The number of pyridine rings is 1. The number of halogens is 1. The summed E-state index contributed by atoms with van der Waals surface area (Å²) >= 11 is 5.64. The molecule has 0 fully saturated rings. The standard InChI is InChI=1S/C12H16ClN3O4/c1-7(2)5-8(6-17)15-12(18)9-3-4-14-11(13)10(9)16(19)20/h3-4,7-8,17H,5-6H2,1-2H3,(H,15,18). The summed E-state index contributed by atoms with van der Waals surface area (Å²) in [7, 11) is 0. The molecule has 1 amide bonds. The van der Waals surface area contributed by atoms with Crippen molar-refractivity contribution in [2.75, 3.05) is 6.61 Å². The van der Waals surface area contributed by atoms with Crippen LogP contribution in [0.15, 0.2) is 12.3 Å². The van der Waals surface area contributed by atoms with Gasteiger partial charge in [0.15, 0.2) is 0 Å². The van der Waals surface area contributed by atoms with Crippen LogP contribution in [-0.4, -0.2) is 33.6 Å². The third kappa shape index (κ3) is 4.14. The van der Waals surface area contributed by atoms with Gasteiger partial charge in [0.05, 0.1) is 17.6 Å². The van der Waals surface area contributed by atoms with Crippen LogP contribution < -0.4 is 5.32 Å². The Morgan fingerprint density at radius 2 is 2.25 bits per heavy atom. The Morgan fingerprint density at radius 1 is 1.60 bits per heavy atom. The summed E-state index contributed by atoms with van der Waals surface area (Å²) in [6, 6.07) is 0.762. The average Bonchev–Trinajstić information content (AvgIpc) is 2.36. The molecule has 0 aliphatic carbocycles. The van der Waals surface area contributed by atoms with Crippen LogP contribution in [0.4, 0.5) is 5.69 Å². The van der Waals surface area contributed by atoms with E-state index in [0.717, 1.165) is 0 Å². The molecule has 0 aromatic carbocycles. The fraction of sp³-hybridized carbons (Fsp3) is 0.500. The minimum absolute atomic E-state index is 0.169. The Morgan fingerprint density at radius 3 is 2.75 bits per heavy atom. The lowest BCUT2D eigenvalue weighted by atomic mass is 10.0. The van der Waals surface area contributed by atoms with E-state index in [1.165, 1.54) is 12.3 Å². The fourth-order valence-electron chi connectivity index (χ4n) is 1.80. The molecule has 0 saturated carbocycles. The van der Waals surface area contributed by atoms with Crippen molar-refractivity contribution in [3.05, 3.63) is 33.1 Å². The normalized spacial score (nSPS) is 12.2. The molecule has 0 aliphatic heterocycles. The molecule has 1 rings (SSSR count). The number of aliphatic hydroxyl groups excluding tert-OH is 1. The highest BCUT2D eigenvalue weighted by Gasteiger charge is 2.26. The third-order valence-electron chi connectivity index (χ3n) is 2.62. The van der Waals surface area contributed by atoms with E-state index in [2.05, 4.69) is 10.3 Å². The Balaban J connectivity index is 2.98. The van der Waals surface area contributed by atoms with Gasteiger partial charge in [-0.3, -0.25) is 14.9 Å². The summed E-state index contributed by atoms with van der Waals surface area (Å²) in [4.78, 5) is 25.8. The van der Waals surface area contributed by atoms with Crippen LogP contribution in [0.5, 0.6) is 0 Å². The maximum Gasteiger partial charge on any atom is 0.319 e. The van der Waals surface area contributed by atoms with Crippen LogP contribution in [0.3, 0.4) is 0 Å². The smallest absolute Gasteiger partial charge is 0.319 e. The highest BCUT2D eigenvalue weighted by molar-refractivity contribution is 6.32. The third-order valence-corrected chi connectivity index (χ3v) is 2.89. The van der Waals surface area contributed by atoms with Gasteiger partial charge in [-0.15, -0.1) is 0 Å². The zero-order valence-electron chi connectivity index (χ0n) is 11.2. The summed E-state index contributed by atoms with van der Waals surface area (Å²) in [6.45, 7) is 3.65. The number of amides is 1. The molecule has 1 unspecified atom stereocenters. The van der Waals surface area contributed by atoms with E-state index in [4.69, 9.17) is 11.6 Å². The monoisotopic (exact) mass is 301 g/mol. The van der Waals surface area contributed by atoms with Crippen molar-refractivity contribution in [1.82, 2.24) is 10.3 Å². The van der Waals surface area contributed by atoms with Crippen molar-refractivity contribution in [3.63, 3.8) is 0 Å². The van der Waals surface area contributed by atoms with Crippen LogP contribution in [0.1, 0.15) is 30.6 Å².